The van der Waals surface area contributed by atoms with E-state index in [1.54, 1.807) is 12.1 Å². The summed E-state index contributed by atoms with van der Waals surface area (Å²) in [5, 5.41) is 0. The number of ketones is 1. The van der Waals surface area contributed by atoms with Crippen LogP contribution in [0.4, 0.5) is 0 Å². The largest absolute Gasteiger partial charge is 0.415 e. The van der Waals surface area contributed by atoms with Crippen LogP contribution in [0, 0.1) is 0 Å². The highest BCUT2D eigenvalue weighted by atomic mass is 16.7. The Morgan fingerprint density at radius 2 is 1.82 bits per heavy atom. The van der Waals surface area contributed by atoms with Crippen LogP contribution in [-0.2, 0) is 14.3 Å². The molecule has 17 heavy (non-hydrogen) atoms. The van der Waals surface area contributed by atoms with E-state index in [4.69, 9.17) is 9.47 Å². The highest BCUT2D eigenvalue weighted by molar-refractivity contribution is 6.13. The van der Waals surface area contributed by atoms with Gasteiger partial charge >= 0.3 is 17.7 Å². The Morgan fingerprint density at radius 1 is 1.24 bits per heavy atom. The fourth-order valence-electron chi connectivity index (χ4n) is 1.72. The lowest BCUT2D eigenvalue weighted by Gasteiger charge is -2.31. The molecule has 0 N–H and O–H groups in total. The lowest BCUT2D eigenvalue weighted by atomic mass is 9.96. The number of cyclic esters (lactones) is 1. The van der Waals surface area contributed by atoms with E-state index in [1.807, 2.05) is 0 Å². The Morgan fingerprint density at radius 3 is 2.41 bits per heavy atom. The topological polar surface area (TPSA) is 69.7 Å². The number of Topliss-reactive ketones (excluding diaryl/α,β-unsaturated/α-hetero) is 1. The third-order valence-corrected chi connectivity index (χ3v) is 2.43. The number of ether oxygens (including phenoxy) is 2. The molecule has 1 aliphatic heterocycles. The van der Waals surface area contributed by atoms with Crippen molar-refractivity contribution in [1.82, 2.24) is 0 Å². The first-order chi connectivity index (χ1) is 7.94. The van der Waals surface area contributed by atoms with Crippen LogP contribution < -0.4 is 0 Å². The highest BCUT2D eigenvalue weighted by Gasteiger charge is 2.47. The first-order valence-electron chi connectivity index (χ1n) is 5.01. The SMILES string of the molecule is CC(=O)OC1(C)OC(=O)c2ccccc2C1=O. The van der Waals surface area contributed by atoms with Gasteiger partial charge in [-0.05, 0) is 6.07 Å². The zero-order valence-electron chi connectivity index (χ0n) is 9.35. The lowest BCUT2D eigenvalue weighted by Crippen LogP contribution is -2.48. The van der Waals surface area contributed by atoms with Gasteiger partial charge in [0, 0.05) is 19.4 Å². The summed E-state index contributed by atoms with van der Waals surface area (Å²) in [6.45, 7) is 2.40. The van der Waals surface area contributed by atoms with Gasteiger partial charge in [-0.15, -0.1) is 0 Å². The molecule has 0 amide bonds. The zero-order valence-corrected chi connectivity index (χ0v) is 9.35. The molecule has 88 valence electrons. The summed E-state index contributed by atoms with van der Waals surface area (Å²) in [5.74, 6) is -3.77. The molecule has 2 rings (SSSR count). The van der Waals surface area contributed by atoms with Gasteiger partial charge in [0.15, 0.2) is 0 Å². The van der Waals surface area contributed by atoms with Crippen molar-refractivity contribution < 1.29 is 23.9 Å². The first kappa shape index (κ1) is 11.3. The Balaban J connectivity index is 2.49. The average molecular weight is 234 g/mol. The monoisotopic (exact) mass is 234 g/mol. The molecule has 1 aliphatic rings. The van der Waals surface area contributed by atoms with E-state index < -0.39 is 23.5 Å². The highest BCUT2D eigenvalue weighted by Crippen LogP contribution is 2.28. The van der Waals surface area contributed by atoms with Crippen LogP contribution in [0.1, 0.15) is 34.6 Å². The van der Waals surface area contributed by atoms with E-state index in [0.29, 0.717) is 0 Å². The molecule has 1 unspecified atom stereocenters. The third-order valence-electron chi connectivity index (χ3n) is 2.43. The van der Waals surface area contributed by atoms with E-state index in [0.717, 1.165) is 6.92 Å². The number of carbonyl (C=O) groups is 3. The second kappa shape index (κ2) is 3.69. The molecule has 0 spiro atoms. The van der Waals surface area contributed by atoms with E-state index in [1.165, 1.54) is 19.1 Å². The molecule has 0 bridgehead atoms. The molecule has 0 aromatic heterocycles. The molecule has 0 fully saturated rings. The minimum absolute atomic E-state index is 0.183. The Hall–Kier alpha value is -2.17. The number of carbonyl (C=O) groups excluding carboxylic acids is 3. The lowest BCUT2D eigenvalue weighted by molar-refractivity contribution is -0.183. The first-order valence-corrected chi connectivity index (χ1v) is 5.01. The van der Waals surface area contributed by atoms with Gasteiger partial charge in [0.1, 0.15) is 0 Å². The van der Waals surface area contributed by atoms with Gasteiger partial charge < -0.3 is 9.47 Å². The van der Waals surface area contributed by atoms with Crippen LogP contribution in [0.25, 0.3) is 0 Å². The van der Waals surface area contributed by atoms with Crippen LogP contribution in [0.15, 0.2) is 24.3 Å². The maximum absolute atomic E-state index is 12.1. The summed E-state index contributed by atoms with van der Waals surface area (Å²) in [7, 11) is 0. The van der Waals surface area contributed by atoms with Crippen molar-refractivity contribution >= 4 is 17.7 Å². The summed E-state index contributed by atoms with van der Waals surface area (Å²) in [4.78, 5) is 34.6. The van der Waals surface area contributed by atoms with Crippen molar-refractivity contribution in [3.63, 3.8) is 0 Å². The van der Waals surface area contributed by atoms with Crippen molar-refractivity contribution in [2.75, 3.05) is 0 Å². The predicted molar refractivity (Wildman–Crippen MR) is 56.4 cm³/mol. The second-order valence-electron chi connectivity index (χ2n) is 3.80. The Bertz CT molecular complexity index is 519. The molecule has 0 saturated carbocycles. The average Bonchev–Trinajstić information content (AvgIpc) is 2.25. The number of esters is 2. The van der Waals surface area contributed by atoms with Crippen molar-refractivity contribution in [3.8, 4) is 0 Å². The zero-order chi connectivity index (χ0) is 12.6. The minimum atomic E-state index is -1.86. The number of hydrogen-bond donors (Lipinski definition) is 0. The molecule has 1 aromatic rings. The molecule has 1 heterocycles. The van der Waals surface area contributed by atoms with E-state index in [9.17, 15) is 14.4 Å². The Kier molecular flexibility index (Phi) is 2.46. The van der Waals surface area contributed by atoms with Gasteiger partial charge in [0.05, 0.1) is 5.56 Å². The summed E-state index contributed by atoms with van der Waals surface area (Å²) in [6, 6.07) is 6.24. The molecular formula is C12H10O5. The Labute approximate surface area is 97.3 Å². The van der Waals surface area contributed by atoms with Gasteiger partial charge in [-0.1, -0.05) is 18.2 Å². The molecule has 0 aliphatic carbocycles. The van der Waals surface area contributed by atoms with Crippen LogP contribution in [0.2, 0.25) is 0 Å². The van der Waals surface area contributed by atoms with Crippen LogP contribution in [0.3, 0.4) is 0 Å². The summed E-state index contributed by atoms with van der Waals surface area (Å²) in [5.41, 5.74) is 0.384. The smallest absolute Gasteiger partial charge is 0.342 e. The number of fused-ring (bicyclic) bond motifs is 1. The van der Waals surface area contributed by atoms with Crippen molar-refractivity contribution in [2.45, 2.75) is 19.6 Å². The quantitative estimate of drug-likeness (QED) is 0.685. The molecule has 5 heteroatoms. The van der Waals surface area contributed by atoms with Gasteiger partial charge in [-0.3, -0.25) is 9.59 Å². The van der Waals surface area contributed by atoms with Gasteiger partial charge in [0.2, 0.25) is 5.78 Å². The number of rotatable bonds is 1. The predicted octanol–water partition coefficient (Wildman–Crippen LogP) is 1.32. The van der Waals surface area contributed by atoms with Gasteiger partial charge in [0.25, 0.3) is 0 Å². The molecule has 0 radical (unpaired) electrons. The van der Waals surface area contributed by atoms with Crippen LogP contribution in [0.5, 0.6) is 0 Å². The van der Waals surface area contributed by atoms with Crippen molar-refractivity contribution in [3.05, 3.63) is 35.4 Å². The van der Waals surface area contributed by atoms with Gasteiger partial charge in [-0.25, -0.2) is 4.79 Å². The molecule has 5 nitrogen and oxygen atoms in total. The third kappa shape index (κ3) is 1.80. The maximum Gasteiger partial charge on any atom is 0.342 e. The molecule has 1 atom stereocenters. The van der Waals surface area contributed by atoms with E-state index >= 15 is 0 Å². The molecule has 1 aromatic carbocycles. The van der Waals surface area contributed by atoms with Crippen LogP contribution >= 0.6 is 0 Å². The van der Waals surface area contributed by atoms with E-state index in [2.05, 4.69) is 0 Å². The van der Waals surface area contributed by atoms with Gasteiger partial charge in [-0.2, -0.15) is 0 Å². The standard InChI is InChI=1S/C12H10O5/c1-7(13)16-12(2)10(14)8-5-3-4-6-9(8)11(15)17-12/h3-6H,1-2H3. The van der Waals surface area contributed by atoms with Crippen molar-refractivity contribution in [2.24, 2.45) is 0 Å². The minimum Gasteiger partial charge on any atom is -0.415 e. The summed E-state index contributed by atoms with van der Waals surface area (Å²) >= 11 is 0. The molecular weight excluding hydrogens is 224 g/mol. The van der Waals surface area contributed by atoms with Crippen molar-refractivity contribution in [1.29, 1.82) is 0 Å². The van der Waals surface area contributed by atoms with E-state index in [-0.39, 0.29) is 11.1 Å². The fourth-order valence-corrected chi connectivity index (χ4v) is 1.72. The van der Waals surface area contributed by atoms with Crippen LogP contribution in [-0.4, -0.2) is 23.5 Å². The maximum atomic E-state index is 12.1. The second-order valence-corrected chi connectivity index (χ2v) is 3.80. The normalized spacial score (nSPS) is 22.7. The number of hydrogen-bond acceptors (Lipinski definition) is 5. The fraction of sp³-hybridized carbons (Fsp3) is 0.250. The number of benzene rings is 1. The summed E-state index contributed by atoms with van der Waals surface area (Å²) in [6.07, 6.45) is 0. The molecule has 0 saturated heterocycles. The summed E-state index contributed by atoms with van der Waals surface area (Å²) < 4.78 is 9.68.